The first-order valence-electron chi connectivity index (χ1n) is 14.1. The Balaban J connectivity index is 1.32. The van der Waals surface area contributed by atoms with Crippen molar-refractivity contribution in [2.45, 2.75) is 45.2 Å². The van der Waals surface area contributed by atoms with Crippen molar-refractivity contribution < 1.29 is 19.1 Å². The van der Waals surface area contributed by atoms with E-state index in [1.54, 1.807) is 18.4 Å². The fourth-order valence-electron chi connectivity index (χ4n) is 5.72. The first-order valence-corrected chi connectivity index (χ1v) is 14.9. The molecular weight excluding hydrogens is 534 g/mol. The van der Waals surface area contributed by atoms with Crippen LogP contribution in [-0.2, 0) is 16.1 Å². The molecular formula is C33H33N3O4S. The predicted octanol–water partition coefficient (Wildman–Crippen LogP) is 5.93. The molecule has 2 aliphatic heterocycles. The van der Waals surface area contributed by atoms with Crippen LogP contribution in [0.1, 0.15) is 52.7 Å². The van der Waals surface area contributed by atoms with E-state index in [2.05, 4.69) is 28.5 Å². The maximum Gasteiger partial charge on any atom is 0.246 e. The first kappa shape index (κ1) is 27.2. The van der Waals surface area contributed by atoms with Crippen LogP contribution in [0.25, 0.3) is 20.5 Å². The van der Waals surface area contributed by atoms with Gasteiger partial charge >= 0.3 is 0 Å². The Morgan fingerprint density at radius 3 is 2.51 bits per heavy atom. The van der Waals surface area contributed by atoms with Crippen molar-refractivity contribution in [2.75, 3.05) is 25.5 Å². The molecule has 2 amide bonds. The van der Waals surface area contributed by atoms with E-state index in [9.17, 15) is 14.4 Å². The smallest absolute Gasteiger partial charge is 0.246 e. The van der Waals surface area contributed by atoms with Crippen molar-refractivity contribution in [1.29, 1.82) is 0 Å². The van der Waals surface area contributed by atoms with Crippen LogP contribution in [0.3, 0.4) is 0 Å². The maximum absolute atomic E-state index is 14.1. The minimum atomic E-state index is -0.505. The second-order valence-electron chi connectivity index (χ2n) is 10.8. The van der Waals surface area contributed by atoms with Gasteiger partial charge in [0.15, 0.2) is 5.78 Å². The van der Waals surface area contributed by atoms with Crippen LogP contribution in [0.2, 0.25) is 0 Å². The van der Waals surface area contributed by atoms with Gasteiger partial charge in [-0.2, -0.15) is 0 Å². The lowest BCUT2D eigenvalue weighted by Gasteiger charge is -2.17. The number of hydrogen-bond donors (Lipinski definition) is 2. The van der Waals surface area contributed by atoms with Crippen molar-refractivity contribution in [3.63, 3.8) is 0 Å². The lowest BCUT2D eigenvalue weighted by molar-refractivity contribution is -0.122. The summed E-state index contributed by atoms with van der Waals surface area (Å²) in [6.07, 6.45) is 3.37. The molecule has 1 aromatic heterocycles. The Bertz CT molecular complexity index is 1640. The van der Waals surface area contributed by atoms with Crippen molar-refractivity contribution in [2.24, 2.45) is 0 Å². The zero-order chi connectivity index (χ0) is 28.5. The number of methoxy groups -OCH3 is 1. The number of benzene rings is 3. The van der Waals surface area contributed by atoms with Gasteiger partial charge < -0.3 is 15.4 Å². The van der Waals surface area contributed by atoms with Crippen LogP contribution in [0.15, 0.2) is 60.7 Å². The van der Waals surface area contributed by atoms with Gasteiger partial charge in [0.05, 0.1) is 7.11 Å². The summed E-state index contributed by atoms with van der Waals surface area (Å²) in [5, 5.41) is 6.48. The molecule has 2 saturated heterocycles. The second-order valence-corrected chi connectivity index (χ2v) is 11.9. The lowest BCUT2D eigenvalue weighted by Crippen LogP contribution is -2.37. The number of thiophene rings is 1. The molecule has 0 aliphatic carbocycles. The van der Waals surface area contributed by atoms with Gasteiger partial charge in [-0.25, -0.2) is 0 Å². The molecule has 0 bridgehead atoms. The molecule has 2 fully saturated rings. The van der Waals surface area contributed by atoms with Crippen LogP contribution < -0.4 is 15.4 Å². The number of hydrogen-bond acceptors (Lipinski definition) is 6. The summed E-state index contributed by atoms with van der Waals surface area (Å²) in [6.45, 7) is 5.27. The predicted molar refractivity (Wildman–Crippen MR) is 163 cm³/mol. The SMILES string of the molecule is COc1ccc2c(C(=O)c3ccc(CN4CCCC4)c(C)c3)c(-c3ccc(NC(=O)[C@H]4CCC(=O)N4)cc3)sc2c1. The zero-order valence-electron chi connectivity index (χ0n) is 23.3. The number of fused-ring (bicyclic) bond motifs is 1. The molecule has 4 aromatic rings. The summed E-state index contributed by atoms with van der Waals surface area (Å²) in [5.74, 6) is 0.401. The lowest BCUT2D eigenvalue weighted by atomic mass is 9.95. The fraction of sp³-hybridized carbons (Fsp3) is 0.303. The molecule has 8 heteroatoms. The first-order chi connectivity index (χ1) is 19.9. The quantitative estimate of drug-likeness (QED) is 0.258. The van der Waals surface area contributed by atoms with Crippen LogP contribution in [0.4, 0.5) is 5.69 Å². The van der Waals surface area contributed by atoms with E-state index in [0.717, 1.165) is 51.5 Å². The maximum atomic E-state index is 14.1. The van der Waals surface area contributed by atoms with E-state index in [1.165, 1.54) is 18.4 Å². The summed E-state index contributed by atoms with van der Waals surface area (Å²) in [6, 6.07) is 18.9. The van der Waals surface area contributed by atoms with Crippen molar-refractivity contribution in [1.82, 2.24) is 10.2 Å². The number of anilines is 1. The van der Waals surface area contributed by atoms with Crippen LogP contribution in [0.5, 0.6) is 5.75 Å². The third kappa shape index (κ3) is 5.62. The Hall–Kier alpha value is -4.01. The summed E-state index contributed by atoms with van der Waals surface area (Å²) < 4.78 is 6.43. The molecule has 7 nitrogen and oxygen atoms in total. The van der Waals surface area contributed by atoms with Gasteiger partial charge in [-0.3, -0.25) is 19.3 Å². The molecule has 0 spiro atoms. The van der Waals surface area contributed by atoms with E-state index < -0.39 is 6.04 Å². The molecule has 2 N–H and O–H groups in total. The van der Waals surface area contributed by atoms with Gasteiger partial charge in [-0.1, -0.05) is 24.3 Å². The number of ether oxygens (including phenoxy) is 1. The minimum absolute atomic E-state index is 0.0124. The van der Waals surface area contributed by atoms with E-state index in [-0.39, 0.29) is 17.6 Å². The Morgan fingerprint density at radius 1 is 1.05 bits per heavy atom. The van der Waals surface area contributed by atoms with Crippen LogP contribution in [0, 0.1) is 6.92 Å². The van der Waals surface area contributed by atoms with Gasteiger partial charge in [0.2, 0.25) is 11.8 Å². The summed E-state index contributed by atoms with van der Waals surface area (Å²) >= 11 is 1.56. The fourth-order valence-corrected chi connectivity index (χ4v) is 6.95. The molecule has 41 heavy (non-hydrogen) atoms. The Labute approximate surface area is 243 Å². The van der Waals surface area contributed by atoms with Crippen LogP contribution >= 0.6 is 11.3 Å². The molecule has 3 aromatic carbocycles. The van der Waals surface area contributed by atoms with E-state index in [1.807, 2.05) is 54.6 Å². The third-order valence-electron chi connectivity index (χ3n) is 8.05. The van der Waals surface area contributed by atoms with Crippen LogP contribution in [-0.4, -0.2) is 48.7 Å². The van der Waals surface area contributed by atoms with Crippen molar-refractivity contribution in [3.8, 4) is 16.2 Å². The average molecular weight is 568 g/mol. The number of nitrogens with one attached hydrogen (secondary N) is 2. The highest BCUT2D eigenvalue weighted by Crippen LogP contribution is 2.41. The third-order valence-corrected chi connectivity index (χ3v) is 9.25. The molecule has 2 aliphatic rings. The topological polar surface area (TPSA) is 87.7 Å². The zero-order valence-corrected chi connectivity index (χ0v) is 24.1. The molecule has 6 rings (SSSR count). The number of carbonyl (C=O) groups excluding carboxylic acids is 3. The van der Waals surface area contributed by atoms with Gasteiger partial charge in [0, 0.05) is 44.7 Å². The van der Waals surface area contributed by atoms with Gasteiger partial charge in [0.25, 0.3) is 0 Å². The highest BCUT2D eigenvalue weighted by Gasteiger charge is 2.27. The number of carbonyl (C=O) groups is 3. The van der Waals surface area contributed by atoms with Crippen molar-refractivity contribution >= 4 is 44.7 Å². The van der Waals surface area contributed by atoms with Gasteiger partial charge in [0.1, 0.15) is 11.8 Å². The summed E-state index contributed by atoms with van der Waals surface area (Å²) in [4.78, 5) is 41.5. The number of aryl methyl sites for hydroxylation is 1. The largest absolute Gasteiger partial charge is 0.497 e. The Morgan fingerprint density at radius 2 is 1.83 bits per heavy atom. The number of likely N-dealkylation sites (tertiary alicyclic amines) is 1. The molecule has 3 heterocycles. The summed E-state index contributed by atoms with van der Waals surface area (Å²) in [7, 11) is 1.64. The van der Waals surface area contributed by atoms with E-state index in [4.69, 9.17) is 4.74 Å². The Kier molecular flexibility index (Phi) is 7.60. The highest BCUT2D eigenvalue weighted by atomic mass is 32.1. The number of amides is 2. The van der Waals surface area contributed by atoms with Crippen molar-refractivity contribution in [3.05, 3.63) is 82.9 Å². The molecule has 0 unspecified atom stereocenters. The highest BCUT2D eigenvalue weighted by molar-refractivity contribution is 7.22. The molecule has 210 valence electrons. The monoisotopic (exact) mass is 567 g/mol. The van der Waals surface area contributed by atoms with Gasteiger partial charge in [-0.05, 0) is 92.4 Å². The molecule has 0 radical (unpaired) electrons. The van der Waals surface area contributed by atoms with E-state index in [0.29, 0.717) is 29.7 Å². The van der Waals surface area contributed by atoms with Gasteiger partial charge in [-0.15, -0.1) is 11.3 Å². The second kappa shape index (κ2) is 11.5. The summed E-state index contributed by atoms with van der Waals surface area (Å²) in [5.41, 5.74) is 5.27. The van der Waals surface area contributed by atoms with E-state index >= 15 is 0 Å². The number of rotatable bonds is 8. The average Bonchev–Trinajstić information content (AvgIpc) is 3.74. The normalized spacial score (nSPS) is 17.1. The number of ketones is 1. The number of nitrogens with zero attached hydrogens (tertiary/aromatic N) is 1. The molecule has 1 atom stereocenters. The minimum Gasteiger partial charge on any atom is -0.497 e. The molecule has 0 saturated carbocycles. The standard InChI is InChI=1S/C33H33N3O4S/c1-20-17-22(5-6-23(20)19-36-15-3-4-16-36)31(38)30-26-12-11-25(40-2)18-28(26)41-32(30)21-7-9-24(10-8-21)34-33(39)27-13-14-29(37)35-27/h5-12,17-18,27H,3-4,13-16,19H2,1-2H3,(H,34,39)(H,35,37)/t27-/m1/s1.